The average molecular weight is 323 g/mol. The van der Waals surface area contributed by atoms with E-state index >= 15 is 0 Å². The SMILES string of the molecule is NCC(=O)c1cccc(NC(=O)c2ccc(Cl)cc2Cl)c1. The van der Waals surface area contributed by atoms with E-state index in [4.69, 9.17) is 28.9 Å². The smallest absolute Gasteiger partial charge is 0.257 e. The number of nitrogens with two attached hydrogens (primary N) is 1. The van der Waals surface area contributed by atoms with Gasteiger partial charge in [-0.1, -0.05) is 35.3 Å². The quantitative estimate of drug-likeness (QED) is 0.847. The Morgan fingerprint density at radius 2 is 1.86 bits per heavy atom. The van der Waals surface area contributed by atoms with Crippen molar-refractivity contribution in [1.82, 2.24) is 0 Å². The zero-order valence-electron chi connectivity index (χ0n) is 10.9. The Morgan fingerprint density at radius 3 is 2.52 bits per heavy atom. The molecule has 0 unspecified atom stereocenters. The lowest BCUT2D eigenvalue weighted by molar-refractivity contribution is 0.0997. The van der Waals surface area contributed by atoms with Crippen LogP contribution in [0.3, 0.4) is 0 Å². The van der Waals surface area contributed by atoms with Gasteiger partial charge in [-0.25, -0.2) is 0 Å². The van der Waals surface area contributed by atoms with Gasteiger partial charge >= 0.3 is 0 Å². The number of nitrogens with one attached hydrogen (secondary N) is 1. The largest absolute Gasteiger partial charge is 0.324 e. The average Bonchev–Trinajstić information content (AvgIpc) is 2.46. The molecule has 1 amide bonds. The molecule has 0 radical (unpaired) electrons. The maximum atomic E-state index is 12.1. The van der Waals surface area contributed by atoms with E-state index in [0.29, 0.717) is 21.8 Å². The van der Waals surface area contributed by atoms with E-state index in [0.717, 1.165) is 0 Å². The molecule has 0 atom stereocenters. The van der Waals surface area contributed by atoms with E-state index in [-0.39, 0.29) is 23.3 Å². The number of hydrogen-bond donors (Lipinski definition) is 2. The Hall–Kier alpha value is -1.88. The number of anilines is 1. The molecule has 0 fully saturated rings. The predicted molar refractivity (Wildman–Crippen MR) is 84.2 cm³/mol. The lowest BCUT2D eigenvalue weighted by Crippen LogP contribution is -2.15. The van der Waals surface area contributed by atoms with Crippen LogP contribution in [-0.2, 0) is 0 Å². The summed E-state index contributed by atoms with van der Waals surface area (Å²) in [5.41, 5.74) is 6.55. The van der Waals surface area contributed by atoms with Gasteiger partial charge in [-0.2, -0.15) is 0 Å². The molecular weight excluding hydrogens is 311 g/mol. The second-order valence-corrected chi connectivity index (χ2v) is 5.13. The molecule has 21 heavy (non-hydrogen) atoms. The van der Waals surface area contributed by atoms with Crippen LogP contribution in [-0.4, -0.2) is 18.2 Å². The third-order valence-corrected chi connectivity index (χ3v) is 3.35. The van der Waals surface area contributed by atoms with E-state index in [1.807, 2.05) is 0 Å². The summed E-state index contributed by atoms with van der Waals surface area (Å²) >= 11 is 11.8. The molecule has 4 nitrogen and oxygen atoms in total. The minimum atomic E-state index is -0.381. The van der Waals surface area contributed by atoms with Gasteiger partial charge in [-0.15, -0.1) is 0 Å². The van der Waals surface area contributed by atoms with Crippen LogP contribution in [0.5, 0.6) is 0 Å². The van der Waals surface area contributed by atoms with Crippen LogP contribution >= 0.6 is 23.2 Å². The van der Waals surface area contributed by atoms with Crippen LogP contribution in [0.25, 0.3) is 0 Å². The number of rotatable bonds is 4. The molecule has 2 aromatic rings. The zero-order chi connectivity index (χ0) is 15.4. The Morgan fingerprint density at radius 1 is 1.10 bits per heavy atom. The number of amides is 1. The molecule has 0 aliphatic heterocycles. The van der Waals surface area contributed by atoms with Gasteiger partial charge in [0.2, 0.25) is 0 Å². The molecule has 6 heteroatoms. The van der Waals surface area contributed by atoms with Crippen LogP contribution < -0.4 is 11.1 Å². The van der Waals surface area contributed by atoms with Crippen molar-refractivity contribution in [1.29, 1.82) is 0 Å². The fraction of sp³-hybridized carbons (Fsp3) is 0.0667. The third-order valence-electron chi connectivity index (χ3n) is 2.80. The summed E-state index contributed by atoms with van der Waals surface area (Å²) in [5, 5.41) is 3.39. The molecule has 0 aliphatic rings. The molecule has 0 aromatic heterocycles. The van der Waals surface area contributed by atoms with E-state index in [1.54, 1.807) is 30.3 Å². The van der Waals surface area contributed by atoms with Crippen LogP contribution in [0, 0.1) is 0 Å². The van der Waals surface area contributed by atoms with Crippen LogP contribution in [0.15, 0.2) is 42.5 Å². The summed E-state index contributed by atoms with van der Waals surface area (Å²) in [6, 6.07) is 11.2. The van der Waals surface area contributed by atoms with E-state index < -0.39 is 0 Å². The molecule has 0 saturated heterocycles. The minimum Gasteiger partial charge on any atom is -0.324 e. The van der Waals surface area contributed by atoms with Gasteiger partial charge < -0.3 is 11.1 Å². The van der Waals surface area contributed by atoms with Gasteiger partial charge in [0.1, 0.15) is 0 Å². The van der Waals surface area contributed by atoms with Gasteiger partial charge in [0.15, 0.2) is 5.78 Å². The summed E-state index contributed by atoms with van der Waals surface area (Å²) in [6.07, 6.45) is 0. The Kier molecular flexibility index (Phi) is 4.96. The molecular formula is C15H12Cl2N2O2. The summed E-state index contributed by atoms with van der Waals surface area (Å²) in [6.45, 7) is -0.0829. The zero-order valence-corrected chi connectivity index (χ0v) is 12.4. The standard InChI is InChI=1S/C15H12Cl2N2O2/c16-10-4-5-12(13(17)7-10)15(21)19-11-3-1-2-9(6-11)14(20)8-18/h1-7H,8,18H2,(H,19,21). The minimum absolute atomic E-state index is 0.0829. The monoisotopic (exact) mass is 322 g/mol. The molecule has 0 heterocycles. The van der Waals surface area contributed by atoms with Gasteiger partial charge in [-0.05, 0) is 30.3 Å². The van der Waals surface area contributed by atoms with Crippen LogP contribution in [0.2, 0.25) is 10.0 Å². The van der Waals surface area contributed by atoms with Gasteiger partial charge in [-0.3, -0.25) is 9.59 Å². The summed E-state index contributed by atoms with van der Waals surface area (Å²) < 4.78 is 0. The molecule has 2 aromatic carbocycles. The molecule has 108 valence electrons. The molecule has 0 saturated carbocycles. The topological polar surface area (TPSA) is 72.2 Å². The number of carbonyl (C=O) groups is 2. The van der Waals surface area contributed by atoms with Gasteiger partial charge in [0.25, 0.3) is 5.91 Å². The molecule has 0 spiro atoms. The second-order valence-electron chi connectivity index (χ2n) is 4.29. The fourth-order valence-corrected chi connectivity index (χ4v) is 2.25. The molecule has 0 aliphatic carbocycles. The normalized spacial score (nSPS) is 10.2. The first-order chi connectivity index (χ1) is 10.0. The highest BCUT2D eigenvalue weighted by Gasteiger charge is 2.12. The van der Waals surface area contributed by atoms with Crippen LogP contribution in [0.4, 0.5) is 5.69 Å². The van der Waals surface area contributed by atoms with Crippen molar-refractivity contribution in [2.45, 2.75) is 0 Å². The summed E-state index contributed by atoms with van der Waals surface area (Å²) in [4.78, 5) is 23.7. The number of Topliss-reactive ketones (excluding diaryl/α,β-unsaturated/α-hetero) is 1. The molecule has 3 N–H and O–H groups in total. The van der Waals surface area contributed by atoms with Crippen molar-refractivity contribution in [3.05, 3.63) is 63.6 Å². The highest BCUT2D eigenvalue weighted by molar-refractivity contribution is 6.37. The number of ketones is 1. The Bertz CT molecular complexity index is 702. The lowest BCUT2D eigenvalue weighted by atomic mass is 10.1. The fourth-order valence-electron chi connectivity index (χ4n) is 1.76. The molecule has 0 bridgehead atoms. The van der Waals surface area contributed by atoms with Crippen molar-refractivity contribution in [3.8, 4) is 0 Å². The van der Waals surface area contributed by atoms with Gasteiger partial charge in [0.05, 0.1) is 17.1 Å². The summed E-state index contributed by atoms with van der Waals surface area (Å²) in [5.74, 6) is -0.579. The number of benzene rings is 2. The number of carbonyl (C=O) groups excluding carboxylic acids is 2. The number of hydrogen-bond acceptors (Lipinski definition) is 3. The Labute approximate surface area is 131 Å². The second kappa shape index (κ2) is 6.72. The first-order valence-corrected chi connectivity index (χ1v) is 6.86. The Balaban J connectivity index is 2.21. The van der Waals surface area contributed by atoms with Gasteiger partial charge in [0, 0.05) is 16.3 Å². The maximum absolute atomic E-state index is 12.1. The van der Waals surface area contributed by atoms with Crippen molar-refractivity contribution < 1.29 is 9.59 Å². The highest BCUT2D eigenvalue weighted by atomic mass is 35.5. The van der Waals surface area contributed by atoms with Crippen molar-refractivity contribution in [2.24, 2.45) is 5.73 Å². The first-order valence-electron chi connectivity index (χ1n) is 6.11. The van der Waals surface area contributed by atoms with Crippen molar-refractivity contribution in [2.75, 3.05) is 11.9 Å². The maximum Gasteiger partial charge on any atom is 0.257 e. The van der Waals surface area contributed by atoms with Crippen molar-refractivity contribution in [3.63, 3.8) is 0 Å². The first kappa shape index (κ1) is 15.5. The van der Waals surface area contributed by atoms with E-state index in [2.05, 4.69) is 5.32 Å². The predicted octanol–water partition coefficient (Wildman–Crippen LogP) is 3.39. The van der Waals surface area contributed by atoms with E-state index in [9.17, 15) is 9.59 Å². The lowest BCUT2D eigenvalue weighted by Gasteiger charge is -2.08. The number of halogens is 2. The highest BCUT2D eigenvalue weighted by Crippen LogP contribution is 2.22. The van der Waals surface area contributed by atoms with Crippen molar-refractivity contribution >= 4 is 40.6 Å². The summed E-state index contributed by atoms with van der Waals surface area (Å²) in [7, 11) is 0. The van der Waals surface area contributed by atoms with E-state index in [1.165, 1.54) is 12.1 Å². The van der Waals surface area contributed by atoms with Crippen LogP contribution in [0.1, 0.15) is 20.7 Å². The molecule has 2 rings (SSSR count). The third kappa shape index (κ3) is 3.82.